The Kier molecular flexibility index (Phi) is 3.30. The predicted octanol–water partition coefficient (Wildman–Crippen LogP) is 4.55. The van der Waals surface area contributed by atoms with E-state index in [4.69, 9.17) is 0 Å². The molecule has 1 aromatic heterocycles. The fraction of sp³-hybridized carbons (Fsp3) is 0.211. The molecule has 0 N–H and O–H groups in total. The highest BCUT2D eigenvalue weighted by Crippen LogP contribution is 2.37. The van der Waals surface area contributed by atoms with E-state index < -0.39 is 0 Å². The summed E-state index contributed by atoms with van der Waals surface area (Å²) in [6.45, 7) is 2.99. The topological polar surface area (TPSA) is 22.0 Å². The summed E-state index contributed by atoms with van der Waals surface area (Å²) in [4.78, 5) is 14.2. The number of nitrogens with zero attached hydrogens (tertiary/aromatic N) is 1. The third-order valence-electron chi connectivity index (χ3n) is 4.30. The van der Waals surface area contributed by atoms with Crippen molar-refractivity contribution in [3.63, 3.8) is 0 Å². The monoisotopic (exact) mass is 307 g/mol. The maximum Gasteiger partial charge on any atom is 0.258 e. The van der Waals surface area contributed by atoms with Crippen LogP contribution in [-0.4, -0.2) is 9.82 Å². The lowest BCUT2D eigenvalue weighted by atomic mass is 10.0. The highest BCUT2D eigenvalue weighted by Gasteiger charge is 2.22. The molecule has 0 aliphatic carbocycles. The van der Waals surface area contributed by atoms with Crippen LogP contribution in [0.4, 0.5) is 0 Å². The molecule has 0 amide bonds. The molecular formula is C19H17NOS. The maximum absolute atomic E-state index is 13.0. The van der Waals surface area contributed by atoms with Crippen LogP contribution in [0.3, 0.4) is 0 Å². The Labute approximate surface area is 133 Å². The molecule has 3 heteroatoms. The molecule has 0 radical (unpaired) electrons. The summed E-state index contributed by atoms with van der Waals surface area (Å²) in [5, 5.41) is 1.62. The van der Waals surface area contributed by atoms with Crippen LogP contribution < -0.4 is 5.56 Å². The Bertz CT molecular complexity index is 898. The molecule has 0 saturated heterocycles. The molecule has 3 aromatic rings. The molecule has 2 aromatic carbocycles. The first-order chi connectivity index (χ1) is 10.8. The minimum absolute atomic E-state index is 0.130. The highest BCUT2D eigenvalue weighted by atomic mass is 32.2. The molecule has 22 heavy (non-hydrogen) atoms. The van der Waals surface area contributed by atoms with Crippen LogP contribution in [0.2, 0.25) is 0 Å². The Hall–Kier alpha value is -2.00. The van der Waals surface area contributed by atoms with E-state index in [1.165, 1.54) is 4.90 Å². The minimum atomic E-state index is 0.130. The van der Waals surface area contributed by atoms with Gasteiger partial charge in [-0.2, -0.15) is 0 Å². The average molecular weight is 307 g/mol. The van der Waals surface area contributed by atoms with E-state index in [2.05, 4.69) is 25.1 Å². The molecule has 0 spiro atoms. The van der Waals surface area contributed by atoms with E-state index in [1.54, 1.807) is 0 Å². The number of thioether (sulfide) groups is 1. The molecule has 1 atom stereocenters. The SMILES string of the molecule is CC[C@@H]1Cn2c(=O)c(-c3ccccc3)cc3cccc(c32)S1. The smallest absolute Gasteiger partial charge is 0.258 e. The van der Waals surface area contributed by atoms with Gasteiger partial charge in [0.25, 0.3) is 5.56 Å². The molecule has 2 heterocycles. The summed E-state index contributed by atoms with van der Waals surface area (Å²) in [6, 6.07) is 18.3. The van der Waals surface area contributed by atoms with Crippen molar-refractivity contribution in [2.24, 2.45) is 0 Å². The lowest BCUT2D eigenvalue weighted by Crippen LogP contribution is -2.29. The minimum Gasteiger partial charge on any atom is -0.305 e. The molecule has 0 unspecified atom stereocenters. The van der Waals surface area contributed by atoms with E-state index in [9.17, 15) is 4.79 Å². The summed E-state index contributed by atoms with van der Waals surface area (Å²) in [5.41, 5.74) is 3.02. The lowest BCUT2D eigenvalue weighted by Gasteiger charge is -2.26. The van der Waals surface area contributed by atoms with Gasteiger partial charge in [0.1, 0.15) is 0 Å². The molecule has 0 saturated carbocycles. The van der Waals surface area contributed by atoms with Gasteiger partial charge in [-0.15, -0.1) is 11.8 Å². The number of benzene rings is 2. The van der Waals surface area contributed by atoms with Gasteiger partial charge in [0.05, 0.1) is 5.52 Å². The van der Waals surface area contributed by atoms with Gasteiger partial charge in [-0.1, -0.05) is 49.4 Å². The van der Waals surface area contributed by atoms with Gasteiger partial charge in [-0.3, -0.25) is 4.79 Å². The summed E-state index contributed by atoms with van der Waals surface area (Å²) in [6.07, 6.45) is 1.07. The van der Waals surface area contributed by atoms with Crippen molar-refractivity contribution in [3.05, 3.63) is 65.0 Å². The van der Waals surface area contributed by atoms with Gasteiger partial charge in [-0.05, 0) is 24.1 Å². The summed E-state index contributed by atoms with van der Waals surface area (Å²) >= 11 is 1.90. The average Bonchev–Trinajstić information content (AvgIpc) is 2.58. The Morgan fingerprint density at radius 2 is 1.95 bits per heavy atom. The number of para-hydroxylation sites is 1. The molecule has 4 rings (SSSR count). The van der Waals surface area contributed by atoms with Gasteiger partial charge in [0, 0.05) is 27.6 Å². The van der Waals surface area contributed by atoms with Crippen LogP contribution in [0.15, 0.2) is 64.3 Å². The zero-order valence-electron chi connectivity index (χ0n) is 12.5. The van der Waals surface area contributed by atoms with Crippen molar-refractivity contribution in [2.75, 3.05) is 0 Å². The Morgan fingerprint density at radius 3 is 2.73 bits per heavy atom. The van der Waals surface area contributed by atoms with Crippen LogP contribution in [0.25, 0.3) is 22.0 Å². The number of hydrogen-bond acceptors (Lipinski definition) is 2. The Balaban J connectivity index is 2.04. The first-order valence-electron chi connectivity index (χ1n) is 7.66. The predicted molar refractivity (Wildman–Crippen MR) is 93.6 cm³/mol. The van der Waals surface area contributed by atoms with Gasteiger partial charge >= 0.3 is 0 Å². The first kappa shape index (κ1) is 13.6. The van der Waals surface area contributed by atoms with E-state index >= 15 is 0 Å². The molecule has 1 aliphatic rings. The first-order valence-corrected chi connectivity index (χ1v) is 8.54. The Morgan fingerprint density at radius 1 is 1.14 bits per heavy atom. The zero-order chi connectivity index (χ0) is 15.1. The zero-order valence-corrected chi connectivity index (χ0v) is 13.3. The van der Waals surface area contributed by atoms with E-state index in [0.29, 0.717) is 5.25 Å². The third kappa shape index (κ3) is 2.08. The molecular weight excluding hydrogens is 290 g/mol. The van der Waals surface area contributed by atoms with Crippen LogP contribution >= 0.6 is 11.8 Å². The van der Waals surface area contributed by atoms with Gasteiger partial charge in [-0.25, -0.2) is 0 Å². The van der Waals surface area contributed by atoms with Crippen molar-refractivity contribution in [1.29, 1.82) is 0 Å². The van der Waals surface area contributed by atoms with E-state index in [-0.39, 0.29) is 5.56 Å². The second-order valence-electron chi connectivity index (χ2n) is 5.68. The normalized spacial score (nSPS) is 16.9. The van der Waals surface area contributed by atoms with Crippen LogP contribution in [0, 0.1) is 0 Å². The molecule has 0 fully saturated rings. The van der Waals surface area contributed by atoms with Crippen molar-refractivity contribution >= 4 is 22.7 Å². The third-order valence-corrected chi connectivity index (χ3v) is 5.69. The van der Waals surface area contributed by atoms with Gasteiger partial charge in [0.2, 0.25) is 0 Å². The van der Waals surface area contributed by atoms with Crippen LogP contribution in [0.1, 0.15) is 13.3 Å². The summed E-state index contributed by atoms with van der Waals surface area (Å²) in [5.74, 6) is 0. The van der Waals surface area contributed by atoms with Crippen molar-refractivity contribution in [2.45, 2.75) is 30.0 Å². The molecule has 0 bridgehead atoms. The standard InChI is InChI=1S/C19H17NOS/c1-2-15-12-20-18-14(9-6-10-17(18)22-15)11-16(19(20)21)13-7-4-3-5-8-13/h3-11,15H,2,12H2,1H3/t15-/m1/s1. The number of hydrogen-bond donors (Lipinski definition) is 0. The molecule has 110 valence electrons. The van der Waals surface area contributed by atoms with Crippen molar-refractivity contribution in [1.82, 2.24) is 4.57 Å². The van der Waals surface area contributed by atoms with Crippen molar-refractivity contribution in [3.8, 4) is 11.1 Å². The second kappa shape index (κ2) is 5.33. The maximum atomic E-state index is 13.0. The fourth-order valence-electron chi connectivity index (χ4n) is 3.14. The fourth-order valence-corrected chi connectivity index (χ4v) is 4.38. The number of rotatable bonds is 2. The van der Waals surface area contributed by atoms with Gasteiger partial charge in [0.15, 0.2) is 0 Å². The summed E-state index contributed by atoms with van der Waals surface area (Å²) in [7, 11) is 0. The van der Waals surface area contributed by atoms with Crippen LogP contribution in [0.5, 0.6) is 0 Å². The second-order valence-corrected chi connectivity index (χ2v) is 7.02. The van der Waals surface area contributed by atoms with Crippen molar-refractivity contribution < 1.29 is 0 Å². The quantitative estimate of drug-likeness (QED) is 0.693. The molecule has 2 nitrogen and oxygen atoms in total. The van der Waals surface area contributed by atoms with E-state index in [0.717, 1.165) is 35.0 Å². The lowest BCUT2D eigenvalue weighted by molar-refractivity contribution is 0.636. The number of pyridine rings is 1. The largest absolute Gasteiger partial charge is 0.305 e. The number of aromatic nitrogens is 1. The highest BCUT2D eigenvalue weighted by molar-refractivity contribution is 8.00. The van der Waals surface area contributed by atoms with Crippen LogP contribution in [-0.2, 0) is 6.54 Å². The van der Waals surface area contributed by atoms with E-state index in [1.807, 2.05) is 52.7 Å². The summed E-state index contributed by atoms with van der Waals surface area (Å²) < 4.78 is 1.98. The van der Waals surface area contributed by atoms with Gasteiger partial charge < -0.3 is 4.57 Å². The molecule has 1 aliphatic heterocycles.